The van der Waals surface area contributed by atoms with Gasteiger partial charge in [0.05, 0.1) is 0 Å². The zero-order valence-electron chi connectivity index (χ0n) is 13.3. The standard InChI is InChI=1S/C17H22FN3O2/c1-20-9-17(10-20)6-13(7-17)21-3-2-11-4-12(16(22)19-23)5-15(18)14(11)8-21/h4-5,13,23H,2-3,6-10H2,1H3,(H,19,22). The molecule has 124 valence electrons. The second-order valence-corrected chi connectivity index (χ2v) is 7.49. The molecule has 1 saturated carbocycles. The highest BCUT2D eigenvalue weighted by molar-refractivity contribution is 5.93. The van der Waals surface area contributed by atoms with Crippen LogP contribution in [0.2, 0.25) is 0 Å². The molecule has 1 amide bonds. The summed E-state index contributed by atoms with van der Waals surface area (Å²) >= 11 is 0. The molecule has 4 rings (SSSR count). The van der Waals surface area contributed by atoms with E-state index in [1.54, 1.807) is 11.5 Å². The van der Waals surface area contributed by atoms with Crippen molar-refractivity contribution in [1.82, 2.24) is 15.3 Å². The summed E-state index contributed by atoms with van der Waals surface area (Å²) in [6.45, 7) is 3.93. The maximum Gasteiger partial charge on any atom is 0.274 e. The van der Waals surface area contributed by atoms with E-state index in [1.165, 1.54) is 32.0 Å². The molecule has 1 saturated heterocycles. The Morgan fingerprint density at radius 1 is 1.39 bits per heavy atom. The molecule has 23 heavy (non-hydrogen) atoms. The van der Waals surface area contributed by atoms with Crippen molar-refractivity contribution in [3.8, 4) is 0 Å². The van der Waals surface area contributed by atoms with Crippen LogP contribution in [0, 0.1) is 11.2 Å². The molecule has 1 aromatic rings. The summed E-state index contributed by atoms with van der Waals surface area (Å²) in [6.07, 6.45) is 3.20. The third-order valence-corrected chi connectivity index (χ3v) is 5.75. The fourth-order valence-electron chi connectivity index (χ4n) is 4.70. The fourth-order valence-corrected chi connectivity index (χ4v) is 4.70. The van der Waals surface area contributed by atoms with Crippen LogP contribution in [0.15, 0.2) is 12.1 Å². The minimum atomic E-state index is -0.663. The van der Waals surface area contributed by atoms with Gasteiger partial charge >= 0.3 is 0 Å². The zero-order chi connectivity index (χ0) is 16.2. The number of rotatable bonds is 2. The van der Waals surface area contributed by atoms with Crippen molar-refractivity contribution < 1.29 is 14.4 Å². The number of nitrogens with one attached hydrogen (secondary N) is 1. The van der Waals surface area contributed by atoms with E-state index in [-0.39, 0.29) is 11.4 Å². The van der Waals surface area contributed by atoms with E-state index >= 15 is 0 Å². The lowest BCUT2D eigenvalue weighted by molar-refractivity contribution is -0.101. The Balaban J connectivity index is 1.47. The van der Waals surface area contributed by atoms with Gasteiger partial charge in [-0.2, -0.15) is 0 Å². The maximum absolute atomic E-state index is 14.4. The smallest absolute Gasteiger partial charge is 0.274 e. The average Bonchev–Trinajstić information content (AvgIpc) is 2.48. The molecule has 5 nitrogen and oxygen atoms in total. The lowest BCUT2D eigenvalue weighted by atomic mass is 9.60. The molecular weight excluding hydrogens is 297 g/mol. The van der Waals surface area contributed by atoms with Crippen molar-refractivity contribution in [2.24, 2.45) is 5.41 Å². The van der Waals surface area contributed by atoms with Gasteiger partial charge in [-0.3, -0.25) is 14.9 Å². The Bertz CT molecular complexity index is 649. The summed E-state index contributed by atoms with van der Waals surface area (Å²) in [5.74, 6) is -1.01. The Morgan fingerprint density at radius 3 is 2.78 bits per heavy atom. The molecule has 0 aromatic heterocycles. The highest BCUT2D eigenvalue weighted by atomic mass is 19.1. The SMILES string of the molecule is CN1CC2(CC(N3CCc4cc(C(=O)NO)cc(F)c4C3)C2)C1. The molecule has 0 bridgehead atoms. The Kier molecular flexibility index (Phi) is 3.44. The molecule has 2 fully saturated rings. The quantitative estimate of drug-likeness (QED) is 0.639. The van der Waals surface area contributed by atoms with Crippen LogP contribution in [0.1, 0.15) is 34.3 Å². The van der Waals surface area contributed by atoms with E-state index in [9.17, 15) is 9.18 Å². The average molecular weight is 319 g/mol. The molecule has 1 spiro atoms. The van der Waals surface area contributed by atoms with Gasteiger partial charge in [-0.1, -0.05) is 0 Å². The molecule has 0 radical (unpaired) electrons. The van der Waals surface area contributed by atoms with Crippen molar-refractivity contribution in [2.45, 2.75) is 31.8 Å². The summed E-state index contributed by atoms with van der Waals surface area (Å²) < 4.78 is 14.4. The van der Waals surface area contributed by atoms with E-state index < -0.39 is 5.91 Å². The number of hydroxylamine groups is 1. The third-order valence-electron chi connectivity index (χ3n) is 5.75. The summed E-state index contributed by atoms with van der Waals surface area (Å²) in [5.41, 5.74) is 3.87. The molecule has 2 heterocycles. The van der Waals surface area contributed by atoms with Crippen molar-refractivity contribution in [3.63, 3.8) is 0 Å². The normalized spacial score (nSPS) is 24.0. The van der Waals surface area contributed by atoms with E-state index in [0.717, 1.165) is 18.5 Å². The third kappa shape index (κ3) is 2.45. The predicted molar refractivity (Wildman–Crippen MR) is 82.7 cm³/mol. The van der Waals surface area contributed by atoms with Crippen LogP contribution in [0.5, 0.6) is 0 Å². The van der Waals surface area contributed by atoms with Crippen LogP contribution >= 0.6 is 0 Å². The number of carbonyl (C=O) groups is 1. The van der Waals surface area contributed by atoms with Gasteiger partial charge in [-0.25, -0.2) is 9.87 Å². The molecule has 0 atom stereocenters. The van der Waals surface area contributed by atoms with Crippen molar-refractivity contribution >= 4 is 5.91 Å². The van der Waals surface area contributed by atoms with Crippen LogP contribution in [0.3, 0.4) is 0 Å². The Hall–Kier alpha value is -1.50. The number of amides is 1. The van der Waals surface area contributed by atoms with Crippen molar-refractivity contribution in [1.29, 1.82) is 0 Å². The van der Waals surface area contributed by atoms with E-state index in [1.807, 2.05) is 0 Å². The number of carbonyl (C=O) groups excluding carboxylic acids is 1. The first-order valence-electron chi connectivity index (χ1n) is 8.18. The number of likely N-dealkylation sites (tertiary alicyclic amines) is 1. The molecule has 2 aliphatic heterocycles. The highest BCUT2D eigenvalue weighted by Gasteiger charge is 2.52. The van der Waals surface area contributed by atoms with Gasteiger partial charge in [-0.15, -0.1) is 0 Å². The molecule has 2 N–H and O–H groups in total. The minimum Gasteiger partial charge on any atom is -0.305 e. The van der Waals surface area contributed by atoms with E-state index in [2.05, 4.69) is 16.8 Å². The Labute approximate surface area is 135 Å². The summed E-state index contributed by atoms with van der Waals surface area (Å²) in [7, 11) is 2.16. The highest BCUT2D eigenvalue weighted by Crippen LogP contribution is 2.50. The topological polar surface area (TPSA) is 55.8 Å². The number of hydrogen-bond donors (Lipinski definition) is 2. The zero-order valence-corrected chi connectivity index (χ0v) is 13.3. The summed E-state index contributed by atoms with van der Waals surface area (Å²) in [5, 5.41) is 8.70. The maximum atomic E-state index is 14.4. The first-order valence-corrected chi connectivity index (χ1v) is 8.18. The van der Waals surface area contributed by atoms with Gasteiger partial charge in [0.1, 0.15) is 5.82 Å². The molecule has 6 heteroatoms. The van der Waals surface area contributed by atoms with Crippen molar-refractivity contribution in [3.05, 3.63) is 34.6 Å². The monoisotopic (exact) mass is 319 g/mol. The first kappa shape index (κ1) is 15.1. The lowest BCUT2D eigenvalue weighted by Crippen LogP contribution is -2.65. The predicted octanol–water partition coefficient (Wildman–Crippen LogP) is 1.40. The van der Waals surface area contributed by atoms with Gasteiger partial charge < -0.3 is 4.90 Å². The molecule has 0 unspecified atom stereocenters. The second-order valence-electron chi connectivity index (χ2n) is 7.49. The van der Waals surface area contributed by atoms with Crippen LogP contribution in [-0.4, -0.2) is 53.6 Å². The van der Waals surface area contributed by atoms with Gasteiger partial charge in [0.2, 0.25) is 0 Å². The van der Waals surface area contributed by atoms with Gasteiger partial charge in [0.15, 0.2) is 0 Å². The molecule has 1 aliphatic carbocycles. The number of nitrogens with zero attached hydrogens (tertiary/aromatic N) is 2. The minimum absolute atomic E-state index is 0.178. The number of hydrogen-bond acceptors (Lipinski definition) is 4. The van der Waals surface area contributed by atoms with E-state index in [4.69, 9.17) is 5.21 Å². The molecule has 3 aliphatic rings. The van der Waals surface area contributed by atoms with Crippen LogP contribution in [-0.2, 0) is 13.0 Å². The largest absolute Gasteiger partial charge is 0.305 e. The number of halogens is 1. The van der Waals surface area contributed by atoms with Gasteiger partial charge in [0.25, 0.3) is 5.91 Å². The van der Waals surface area contributed by atoms with Crippen LogP contribution in [0.4, 0.5) is 4.39 Å². The Morgan fingerprint density at radius 2 is 2.13 bits per heavy atom. The number of fused-ring (bicyclic) bond motifs is 1. The van der Waals surface area contributed by atoms with Crippen molar-refractivity contribution in [2.75, 3.05) is 26.7 Å². The van der Waals surface area contributed by atoms with Crippen LogP contribution in [0.25, 0.3) is 0 Å². The fraction of sp³-hybridized carbons (Fsp3) is 0.588. The molecule has 1 aromatic carbocycles. The van der Waals surface area contributed by atoms with Gasteiger partial charge in [-0.05, 0) is 49.4 Å². The van der Waals surface area contributed by atoms with Crippen LogP contribution < -0.4 is 5.48 Å². The number of benzene rings is 1. The van der Waals surface area contributed by atoms with Gasteiger partial charge in [0, 0.05) is 43.3 Å². The molecular formula is C17H22FN3O2. The summed E-state index contributed by atoms with van der Waals surface area (Å²) in [6, 6.07) is 3.48. The second kappa shape index (κ2) is 5.26. The first-order chi connectivity index (χ1) is 11.0. The lowest BCUT2D eigenvalue weighted by Gasteiger charge is -2.60. The van der Waals surface area contributed by atoms with E-state index in [0.29, 0.717) is 23.6 Å². The summed E-state index contributed by atoms with van der Waals surface area (Å²) in [4.78, 5) is 16.2.